The van der Waals surface area contributed by atoms with Gasteiger partial charge in [-0.3, -0.25) is 14.6 Å². The minimum Gasteiger partial charge on any atom is -0.465 e. The van der Waals surface area contributed by atoms with Crippen LogP contribution in [-0.2, 0) is 4.74 Å². The maximum absolute atomic E-state index is 12.6. The molecule has 7 nitrogen and oxygen atoms in total. The van der Waals surface area contributed by atoms with Gasteiger partial charge in [0, 0.05) is 18.4 Å². The number of anilines is 1. The summed E-state index contributed by atoms with van der Waals surface area (Å²) in [6.07, 6.45) is 7.00. The Morgan fingerprint density at radius 1 is 1.04 bits per heavy atom. The van der Waals surface area contributed by atoms with E-state index in [9.17, 15) is 14.4 Å². The van der Waals surface area contributed by atoms with Crippen LogP contribution in [-0.4, -0.2) is 35.9 Å². The number of methoxy groups -OCH3 is 1. The van der Waals surface area contributed by atoms with E-state index < -0.39 is 11.9 Å². The molecule has 0 saturated heterocycles. The van der Waals surface area contributed by atoms with Crippen LogP contribution in [0.15, 0.2) is 42.7 Å². The van der Waals surface area contributed by atoms with E-state index in [2.05, 4.69) is 15.6 Å². The summed E-state index contributed by atoms with van der Waals surface area (Å²) < 4.78 is 4.72. The molecular formula is C20H21N3O4. The van der Waals surface area contributed by atoms with Crippen molar-refractivity contribution in [1.29, 1.82) is 0 Å². The number of hydrogen-bond acceptors (Lipinski definition) is 5. The number of para-hydroxylation sites is 1. The summed E-state index contributed by atoms with van der Waals surface area (Å²) in [5.41, 5.74) is 1.14. The standard InChI is InChI=1S/C20H21N3O4/c1-27-20(26)16-8-4-5-9-17(16)23-19(25)14-10-13(11-21-12-14)18(24)22-15-6-2-3-7-15/h4-5,8-12,15H,2-3,6-7H2,1H3,(H,22,24)(H,23,25). The molecule has 27 heavy (non-hydrogen) atoms. The average Bonchev–Trinajstić information content (AvgIpc) is 3.21. The number of hydrogen-bond donors (Lipinski definition) is 2. The summed E-state index contributed by atoms with van der Waals surface area (Å²) in [6.45, 7) is 0. The van der Waals surface area contributed by atoms with Gasteiger partial charge >= 0.3 is 5.97 Å². The monoisotopic (exact) mass is 367 g/mol. The summed E-state index contributed by atoms with van der Waals surface area (Å²) in [5.74, 6) is -1.25. The lowest BCUT2D eigenvalue weighted by molar-refractivity contribution is 0.0601. The third-order valence-corrected chi connectivity index (χ3v) is 4.53. The van der Waals surface area contributed by atoms with Crippen LogP contribution in [0.4, 0.5) is 5.69 Å². The van der Waals surface area contributed by atoms with Crippen LogP contribution in [0.5, 0.6) is 0 Å². The second-order valence-corrected chi connectivity index (χ2v) is 6.41. The van der Waals surface area contributed by atoms with Crippen molar-refractivity contribution in [2.75, 3.05) is 12.4 Å². The van der Waals surface area contributed by atoms with Gasteiger partial charge in [-0.1, -0.05) is 25.0 Å². The number of ether oxygens (including phenoxy) is 1. The summed E-state index contributed by atoms with van der Waals surface area (Å²) in [5, 5.41) is 5.64. The lowest BCUT2D eigenvalue weighted by Gasteiger charge is -2.12. The maximum atomic E-state index is 12.6. The minimum absolute atomic E-state index is 0.182. The highest BCUT2D eigenvalue weighted by Gasteiger charge is 2.19. The molecule has 1 saturated carbocycles. The molecule has 0 unspecified atom stereocenters. The molecular weight excluding hydrogens is 346 g/mol. The number of benzene rings is 1. The number of rotatable bonds is 5. The van der Waals surface area contributed by atoms with E-state index in [0.717, 1.165) is 25.7 Å². The number of esters is 1. The zero-order valence-corrected chi connectivity index (χ0v) is 15.0. The third kappa shape index (κ3) is 4.49. The lowest BCUT2D eigenvalue weighted by atomic mass is 10.1. The van der Waals surface area contributed by atoms with Gasteiger partial charge < -0.3 is 15.4 Å². The highest BCUT2D eigenvalue weighted by atomic mass is 16.5. The highest BCUT2D eigenvalue weighted by Crippen LogP contribution is 2.19. The van der Waals surface area contributed by atoms with Crippen LogP contribution in [0.3, 0.4) is 0 Å². The van der Waals surface area contributed by atoms with Crippen molar-refractivity contribution in [3.8, 4) is 0 Å². The van der Waals surface area contributed by atoms with Crippen molar-refractivity contribution >= 4 is 23.5 Å². The Bertz CT molecular complexity index is 860. The van der Waals surface area contributed by atoms with E-state index in [1.165, 1.54) is 25.6 Å². The van der Waals surface area contributed by atoms with Gasteiger partial charge in [0.05, 0.1) is 29.5 Å². The normalized spacial score (nSPS) is 13.8. The van der Waals surface area contributed by atoms with E-state index in [1.807, 2.05) is 0 Å². The van der Waals surface area contributed by atoms with Gasteiger partial charge in [-0.25, -0.2) is 4.79 Å². The van der Waals surface area contributed by atoms with Crippen LogP contribution < -0.4 is 10.6 Å². The predicted molar refractivity (Wildman–Crippen MR) is 99.7 cm³/mol. The van der Waals surface area contributed by atoms with E-state index in [0.29, 0.717) is 11.3 Å². The average molecular weight is 367 g/mol. The predicted octanol–water partition coefficient (Wildman–Crippen LogP) is 2.79. The Morgan fingerprint density at radius 3 is 2.41 bits per heavy atom. The first-order valence-corrected chi connectivity index (χ1v) is 8.83. The number of nitrogens with zero attached hydrogens (tertiary/aromatic N) is 1. The Labute approximate surface area is 157 Å². The quantitative estimate of drug-likeness (QED) is 0.792. The number of aromatic nitrogens is 1. The first-order valence-electron chi connectivity index (χ1n) is 8.83. The zero-order chi connectivity index (χ0) is 19.2. The number of nitrogens with one attached hydrogen (secondary N) is 2. The van der Waals surface area contributed by atoms with E-state index in [4.69, 9.17) is 4.74 Å². The van der Waals surface area contributed by atoms with Crippen LogP contribution in [0.2, 0.25) is 0 Å². The summed E-state index contributed by atoms with van der Waals surface area (Å²) in [7, 11) is 1.28. The van der Waals surface area contributed by atoms with E-state index >= 15 is 0 Å². The van der Waals surface area contributed by atoms with Crippen molar-refractivity contribution < 1.29 is 19.1 Å². The fourth-order valence-corrected chi connectivity index (χ4v) is 3.10. The summed E-state index contributed by atoms with van der Waals surface area (Å²) in [4.78, 5) is 40.8. The smallest absolute Gasteiger partial charge is 0.339 e. The molecule has 0 radical (unpaired) electrons. The SMILES string of the molecule is COC(=O)c1ccccc1NC(=O)c1cncc(C(=O)NC2CCCC2)c1. The number of pyridine rings is 1. The molecule has 0 aliphatic heterocycles. The topological polar surface area (TPSA) is 97.4 Å². The molecule has 1 heterocycles. The van der Waals surface area contributed by atoms with Crippen LogP contribution in [0.1, 0.15) is 56.8 Å². The zero-order valence-electron chi connectivity index (χ0n) is 15.0. The molecule has 1 aliphatic carbocycles. The molecule has 1 aromatic heterocycles. The highest BCUT2D eigenvalue weighted by molar-refractivity contribution is 6.08. The van der Waals surface area contributed by atoms with E-state index in [1.54, 1.807) is 24.3 Å². The first-order chi connectivity index (χ1) is 13.1. The largest absolute Gasteiger partial charge is 0.465 e. The summed E-state index contributed by atoms with van der Waals surface area (Å²) in [6, 6.07) is 8.22. The maximum Gasteiger partial charge on any atom is 0.339 e. The minimum atomic E-state index is -0.547. The van der Waals surface area contributed by atoms with Crippen molar-refractivity contribution in [1.82, 2.24) is 10.3 Å². The Hall–Kier alpha value is -3.22. The fraction of sp³-hybridized carbons (Fsp3) is 0.300. The van der Waals surface area contributed by atoms with Crippen molar-refractivity contribution in [3.63, 3.8) is 0 Å². The van der Waals surface area contributed by atoms with Crippen molar-refractivity contribution in [2.24, 2.45) is 0 Å². The second-order valence-electron chi connectivity index (χ2n) is 6.41. The Morgan fingerprint density at radius 2 is 1.70 bits per heavy atom. The Kier molecular flexibility index (Phi) is 5.80. The van der Waals surface area contributed by atoms with Crippen LogP contribution in [0, 0.1) is 0 Å². The molecule has 140 valence electrons. The second kappa shape index (κ2) is 8.44. The molecule has 2 N–H and O–H groups in total. The lowest BCUT2D eigenvalue weighted by Crippen LogP contribution is -2.32. The molecule has 0 bridgehead atoms. The van der Waals surface area contributed by atoms with Gasteiger partial charge in [0.1, 0.15) is 0 Å². The molecule has 1 aromatic carbocycles. The van der Waals surface area contributed by atoms with Gasteiger partial charge in [-0.05, 0) is 31.0 Å². The number of amides is 2. The molecule has 3 rings (SSSR count). The molecule has 7 heteroatoms. The molecule has 1 aliphatic rings. The number of carbonyl (C=O) groups is 3. The molecule has 2 aromatic rings. The van der Waals surface area contributed by atoms with E-state index in [-0.39, 0.29) is 23.1 Å². The van der Waals surface area contributed by atoms with Gasteiger partial charge in [0.25, 0.3) is 11.8 Å². The van der Waals surface area contributed by atoms with Gasteiger partial charge in [0.15, 0.2) is 0 Å². The van der Waals surface area contributed by atoms with Crippen molar-refractivity contribution in [3.05, 3.63) is 59.4 Å². The van der Waals surface area contributed by atoms with Gasteiger partial charge in [0.2, 0.25) is 0 Å². The van der Waals surface area contributed by atoms with Gasteiger partial charge in [-0.2, -0.15) is 0 Å². The van der Waals surface area contributed by atoms with Gasteiger partial charge in [-0.15, -0.1) is 0 Å². The fourth-order valence-electron chi connectivity index (χ4n) is 3.10. The molecule has 2 amide bonds. The third-order valence-electron chi connectivity index (χ3n) is 4.53. The molecule has 1 fully saturated rings. The van der Waals surface area contributed by atoms with Crippen molar-refractivity contribution in [2.45, 2.75) is 31.7 Å². The Balaban J connectivity index is 1.74. The summed E-state index contributed by atoms with van der Waals surface area (Å²) >= 11 is 0. The first kappa shape index (κ1) is 18.6. The number of carbonyl (C=O) groups excluding carboxylic acids is 3. The van der Waals surface area contributed by atoms with Crippen LogP contribution >= 0.6 is 0 Å². The molecule has 0 spiro atoms. The molecule has 0 atom stereocenters. The van der Waals surface area contributed by atoms with Crippen LogP contribution in [0.25, 0.3) is 0 Å².